The Kier molecular flexibility index (Phi) is 3.02. The van der Waals surface area contributed by atoms with E-state index in [4.69, 9.17) is 0 Å². The molecule has 0 bridgehead atoms. The number of nitrogens with zero attached hydrogens (tertiary/aromatic N) is 5. The molecule has 0 aromatic carbocycles. The first-order chi connectivity index (χ1) is 10.2. The third-order valence-corrected chi connectivity index (χ3v) is 5.20. The zero-order valence-corrected chi connectivity index (χ0v) is 12.7. The summed E-state index contributed by atoms with van der Waals surface area (Å²) in [5, 5.41) is 8.51. The van der Waals surface area contributed by atoms with Gasteiger partial charge in [0.2, 0.25) is 0 Å². The van der Waals surface area contributed by atoms with Crippen molar-refractivity contribution in [3.63, 3.8) is 0 Å². The van der Waals surface area contributed by atoms with Crippen molar-refractivity contribution < 1.29 is 4.79 Å². The van der Waals surface area contributed by atoms with E-state index < -0.39 is 0 Å². The zero-order valence-electron chi connectivity index (χ0n) is 11.9. The molecular formula is C14H17N5OS. The third kappa shape index (κ3) is 2.35. The van der Waals surface area contributed by atoms with Crippen LogP contribution in [-0.4, -0.2) is 43.9 Å². The molecule has 1 unspecified atom stereocenters. The molecular weight excluding hydrogens is 286 g/mol. The summed E-state index contributed by atoms with van der Waals surface area (Å²) in [5.74, 6) is 0.720. The number of carbonyl (C=O) groups excluding carboxylic acids is 1. The molecule has 6 nitrogen and oxygen atoms in total. The second kappa shape index (κ2) is 4.91. The van der Waals surface area contributed by atoms with Crippen LogP contribution in [0.1, 0.15) is 52.3 Å². The summed E-state index contributed by atoms with van der Waals surface area (Å²) in [6.45, 7) is 3.37. The zero-order chi connectivity index (χ0) is 14.4. The van der Waals surface area contributed by atoms with Crippen molar-refractivity contribution in [1.29, 1.82) is 0 Å². The monoisotopic (exact) mass is 303 g/mol. The SMILES string of the molecule is Cc1ncsc1C(=O)N1CCC(n2cc(C3CC3)nn2)C1. The molecule has 1 saturated carbocycles. The van der Waals surface area contributed by atoms with Crippen LogP contribution in [0, 0.1) is 6.92 Å². The van der Waals surface area contributed by atoms with E-state index in [0.29, 0.717) is 12.5 Å². The smallest absolute Gasteiger partial charge is 0.265 e. The van der Waals surface area contributed by atoms with Gasteiger partial charge < -0.3 is 4.90 Å². The summed E-state index contributed by atoms with van der Waals surface area (Å²) >= 11 is 1.42. The van der Waals surface area contributed by atoms with Crippen molar-refractivity contribution >= 4 is 17.2 Å². The summed E-state index contributed by atoms with van der Waals surface area (Å²) in [4.78, 5) is 19.3. The van der Waals surface area contributed by atoms with E-state index in [9.17, 15) is 4.79 Å². The van der Waals surface area contributed by atoms with Gasteiger partial charge in [0.25, 0.3) is 5.91 Å². The lowest BCUT2D eigenvalue weighted by atomic mass is 10.2. The topological polar surface area (TPSA) is 63.9 Å². The minimum Gasteiger partial charge on any atom is -0.336 e. The Labute approximate surface area is 126 Å². The Balaban J connectivity index is 1.46. The van der Waals surface area contributed by atoms with Crippen molar-refractivity contribution in [3.05, 3.63) is 28.0 Å². The van der Waals surface area contributed by atoms with Crippen LogP contribution in [0.5, 0.6) is 0 Å². The van der Waals surface area contributed by atoms with Crippen LogP contribution in [0.3, 0.4) is 0 Å². The summed E-state index contributed by atoms with van der Waals surface area (Å²) in [7, 11) is 0. The van der Waals surface area contributed by atoms with Crippen LogP contribution >= 0.6 is 11.3 Å². The van der Waals surface area contributed by atoms with Gasteiger partial charge in [0.1, 0.15) is 4.88 Å². The number of hydrogen-bond donors (Lipinski definition) is 0. The Bertz CT molecular complexity index is 674. The lowest BCUT2D eigenvalue weighted by molar-refractivity contribution is 0.0791. The molecule has 3 heterocycles. The maximum atomic E-state index is 12.5. The van der Waals surface area contributed by atoms with E-state index in [-0.39, 0.29) is 11.9 Å². The van der Waals surface area contributed by atoms with Crippen LogP contribution in [0.15, 0.2) is 11.7 Å². The lowest BCUT2D eigenvalue weighted by Gasteiger charge is -2.15. The molecule has 1 amide bonds. The number of carbonyl (C=O) groups is 1. The fourth-order valence-corrected chi connectivity index (χ4v) is 3.60. The van der Waals surface area contributed by atoms with Crippen molar-refractivity contribution in [2.24, 2.45) is 0 Å². The molecule has 2 aromatic heterocycles. The first-order valence-electron chi connectivity index (χ1n) is 7.33. The maximum Gasteiger partial charge on any atom is 0.265 e. The Hall–Kier alpha value is -1.76. The highest BCUT2D eigenvalue weighted by molar-refractivity contribution is 7.11. The van der Waals surface area contributed by atoms with E-state index in [1.165, 1.54) is 24.2 Å². The van der Waals surface area contributed by atoms with Gasteiger partial charge in [-0.05, 0) is 26.2 Å². The number of amides is 1. The highest BCUT2D eigenvalue weighted by Crippen LogP contribution is 2.39. The fraction of sp³-hybridized carbons (Fsp3) is 0.571. The molecule has 2 aromatic rings. The molecule has 7 heteroatoms. The second-order valence-electron chi connectivity index (χ2n) is 5.86. The summed E-state index contributed by atoms with van der Waals surface area (Å²) in [6.07, 6.45) is 5.47. The van der Waals surface area contributed by atoms with Crippen molar-refractivity contribution in [2.75, 3.05) is 13.1 Å². The summed E-state index contributed by atoms with van der Waals surface area (Å²) in [6, 6.07) is 0.252. The van der Waals surface area contributed by atoms with Crippen molar-refractivity contribution in [3.8, 4) is 0 Å². The quantitative estimate of drug-likeness (QED) is 0.870. The van der Waals surface area contributed by atoms with Gasteiger partial charge in [0.15, 0.2) is 0 Å². The molecule has 1 aliphatic carbocycles. The van der Waals surface area contributed by atoms with Crippen LogP contribution in [-0.2, 0) is 0 Å². The van der Waals surface area contributed by atoms with E-state index >= 15 is 0 Å². The first-order valence-corrected chi connectivity index (χ1v) is 8.21. The largest absolute Gasteiger partial charge is 0.336 e. The number of rotatable bonds is 3. The Morgan fingerprint density at radius 1 is 1.38 bits per heavy atom. The summed E-state index contributed by atoms with van der Waals surface area (Å²) in [5.41, 5.74) is 3.67. The molecule has 0 spiro atoms. The normalized spacial score (nSPS) is 22.0. The number of aryl methyl sites for hydroxylation is 1. The molecule has 2 fully saturated rings. The van der Waals surface area contributed by atoms with Crippen molar-refractivity contribution in [2.45, 2.75) is 38.1 Å². The van der Waals surface area contributed by atoms with E-state index in [2.05, 4.69) is 21.5 Å². The molecule has 0 N–H and O–H groups in total. The van der Waals surface area contributed by atoms with Gasteiger partial charge in [-0.2, -0.15) is 0 Å². The van der Waals surface area contributed by atoms with Gasteiger partial charge in [0, 0.05) is 25.2 Å². The van der Waals surface area contributed by atoms with Gasteiger partial charge in [-0.15, -0.1) is 16.4 Å². The molecule has 21 heavy (non-hydrogen) atoms. The van der Waals surface area contributed by atoms with E-state index in [0.717, 1.165) is 29.2 Å². The standard InChI is InChI=1S/C14H17N5OS/c1-9-13(21-8-15-9)14(20)18-5-4-11(6-18)19-7-12(16-17-19)10-2-3-10/h7-8,10-11H,2-6H2,1H3. The van der Waals surface area contributed by atoms with E-state index in [1.54, 1.807) is 5.51 Å². The number of hydrogen-bond acceptors (Lipinski definition) is 5. The highest BCUT2D eigenvalue weighted by Gasteiger charge is 2.32. The predicted octanol–water partition coefficient (Wildman–Crippen LogP) is 2.01. The number of thiazole rings is 1. The second-order valence-corrected chi connectivity index (χ2v) is 6.71. The number of aromatic nitrogens is 4. The van der Waals surface area contributed by atoms with Gasteiger partial charge in [-0.25, -0.2) is 9.67 Å². The average molecular weight is 303 g/mol. The molecule has 0 radical (unpaired) electrons. The number of likely N-dealkylation sites (tertiary alicyclic amines) is 1. The van der Waals surface area contributed by atoms with Gasteiger partial charge in [-0.3, -0.25) is 4.79 Å². The molecule has 2 aliphatic rings. The first kappa shape index (κ1) is 12.9. The maximum absolute atomic E-state index is 12.5. The predicted molar refractivity (Wildman–Crippen MR) is 78.4 cm³/mol. The van der Waals surface area contributed by atoms with Crippen LogP contribution in [0.2, 0.25) is 0 Å². The Morgan fingerprint density at radius 3 is 2.95 bits per heavy atom. The van der Waals surface area contributed by atoms with Gasteiger partial charge >= 0.3 is 0 Å². The molecule has 1 aliphatic heterocycles. The molecule has 1 atom stereocenters. The molecule has 4 rings (SSSR count). The van der Waals surface area contributed by atoms with Gasteiger partial charge in [-0.1, -0.05) is 5.21 Å². The Morgan fingerprint density at radius 2 is 2.24 bits per heavy atom. The molecule has 110 valence electrons. The fourth-order valence-electron chi connectivity index (χ4n) is 2.83. The van der Waals surface area contributed by atoms with Crippen molar-refractivity contribution in [1.82, 2.24) is 24.9 Å². The highest BCUT2D eigenvalue weighted by atomic mass is 32.1. The molecule has 1 saturated heterocycles. The minimum absolute atomic E-state index is 0.0973. The third-order valence-electron chi connectivity index (χ3n) is 4.29. The van der Waals surface area contributed by atoms with Crippen LogP contribution < -0.4 is 0 Å². The van der Waals surface area contributed by atoms with Gasteiger partial charge in [0.05, 0.1) is 22.9 Å². The lowest BCUT2D eigenvalue weighted by Crippen LogP contribution is -2.29. The summed E-state index contributed by atoms with van der Waals surface area (Å²) < 4.78 is 1.94. The van der Waals surface area contributed by atoms with Crippen LogP contribution in [0.25, 0.3) is 0 Å². The van der Waals surface area contributed by atoms with E-state index in [1.807, 2.05) is 16.5 Å². The minimum atomic E-state index is 0.0973. The van der Waals surface area contributed by atoms with Crippen LogP contribution in [0.4, 0.5) is 0 Å². The average Bonchev–Trinajstić information content (AvgIpc) is 2.94.